The Morgan fingerprint density at radius 3 is 2.56 bits per heavy atom. The maximum Gasteiger partial charge on any atom is 0.288 e. The summed E-state index contributed by atoms with van der Waals surface area (Å²) in [5, 5.41) is 4.52. The highest BCUT2D eigenvalue weighted by Crippen LogP contribution is 2.14. The zero-order chi connectivity index (χ0) is 18.5. The van der Waals surface area contributed by atoms with Crippen molar-refractivity contribution in [1.29, 1.82) is 0 Å². The number of hydrogen-bond acceptors (Lipinski definition) is 6. The van der Waals surface area contributed by atoms with Crippen molar-refractivity contribution in [2.24, 2.45) is 0 Å². The second kappa shape index (κ2) is 8.28. The molecule has 1 saturated heterocycles. The molecule has 1 aliphatic heterocycles. The number of hydrogen-bond donors (Lipinski definition) is 0. The van der Waals surface area contributed by atoms with Gasteiger partial charge in [-0.05, 0) is 12.1 Å². The Labute approximate surface area is 157 Å². The molecule has 27 heavy (non-hydrogen) atoms. The summed E-state index contributed by atoms with van der Waals surface area (Å²) in [5.74, 6) is 1.27. The van der Waals surface area contributed by atoms with Crippen LogP contribution in [0.5, 0.6) is 0 Å². The molecule has 0 bridgehead atoms. The van der Waals surface area contributed by atoms with Crippen molar-refractivity contribution in [2.45, 2.75) is 13.0 Å². The van der Waals surface area contributed by atoms with Gasteiger partial charge in [0.15, 0.2) is 5.82 Å². The van der Waals surface area contributed by atoms with Crippen LogP contribution in [0.15, 0.2) is 57.9 Å². The van der Waals surface area contributed by atoms with E-state index in [-0.39, 0.29) is 5.56 Å². The molecule has 0 aliphatic carbocycles. The maximum atomic E-state index is 12.9. The first-order chi connectivity index (χ1) is 13.3. The highest BCUT2D eigenvalue weighted by atomic mass is 16.5. The Hall–Kier alpha value is -2.77. The summed E-state index contributed by atoms with van der Waals surface area (Å²) in [6, 6.07) is 13.4. The summed E-state index contributed by atoms with van der Waals surface area (Å²) >= 11 is 0. The molecule has 1 aromatic carbocycles. The van der Waals surface area contributed by atoms with E-state index in [1.165, 1.54) is 4.68 Å². The van der Waals surface area contributed by atoms with Crippen LogP contribution in [-0.4, -0.2) is 52.5 Å². The van der Waals surface area contributed by atoms with Crippen LogP contribution in [0.25, 0.3) is 11.4 Å². The minimum Gasteiger partial charge on any atom is -0.469 e. The van der Waals surface area contributed by atoms with Gasteiger partial charge in [-0.15, -0.1) is 5.10 Å². The summed E-state index contributed by atoms with van der Waals surface area (Å²) in [4.78, 5) is 19.7. The van der Waals surface area contributed by atoms with Crippen LogP contribution < -0.4 is 5.56 Å². The smallest absolute Gasteiger partial charge is 0.288 e. The predicted molar refractivity (Wildman–Crippen MR) is 101 cm³/mol. The fraction of sp³-hybridized carbons (Fsp3) is 0.350. The molecule has 1 aliphatic rings. The average Bonchev–Trinajstić information content (AvgIpc) is 3.23. The van der Waals surface area contributed by atoms with Gasteiger partial charge in [0.05, 0.1) is 32.4 Å². The first kappa shape index (κ1) is 17.6. The minimum absolute atomic E-state index is 0.167. The average molecular weight is 366 g/mol. The number of nitrogens with zero attached hydrogens (tertiary/aromatic N) is 4. The van der Waals surface area contributed by atoms with Gasteiger partial charge in [0, 0.05) is 25.2 Å². The van der Waals surface area contributed by atoms with Crippen LogP contribution >= 0.6 is 0 Å². The summed E-state index contributed by atoms with van der Waals surface area (Å²) in [6.07, 6.45) is 1.96. The van der Waals surface area contributed by atoms with Gasteiger partial charge in [0.2, 0.25) is 0 Å². The molecule has 0 spiro atoms. The summed E-state index contributed by atoms with van der Waals surface area (Å²) < 4.78 is 12.3. The lowest BCUT2D eigenvalue weighted by Crippen LogP contribution is -2.40. The van der Waals surface area contributed by atoms with Crippen molar-refractivity contribution >= 4 is 0 Å². The van der Waals surface area contributed by atoms with Gasteiger partial charge >= 0.3 is 0 Å². The Morgan fingerprint density at radius 2 is 1.81 bits per heavy atom. The minimum atomic E-state index is -0.167. The molecule has 7 nitrogen and oxygen atoms in total. The highest BCUT2D eigenvalue weighted by Gasteiger charge is 2.15. The summed E-state index contributed by atoms with van der Waals surface area (Å²) in [5.41, 5.74) is 1.17. The highest BCUT2D eigenvalue weighted by molar-refractivity contribution is 5.53. The van der Waals surface area contributed by atoms with Gasteiger partial charge < -0.3 is 9.15 Å². The van der Waals surface area contributed by atoms with Gasteiger partial charge in [-0.3, -0.25) is 9.69 Å². The third kappa shape index (κ3) is 4.32. The van der Waals surface area contributed by atoms with Crippen LogP contribution in [0.4, 0.5) is 0 Å². The Balaban J connectivity index is 1.64. The molecule has 2 aromatic heterocycles. The van der Waals surface area contributed by atoms with E-state index in [9.17, 15) is 4.79 Å². The molecule has 3 aromatic rings. The number of aromatic nitrogens is 3. The molecule has 0 unspecified atom stereocenters. The van der Waals surface area contributed by atoms with Crippen molar-refractivity contribution in [1.82, 2.24) is 19.7 Å². The van der Waals surface area contributed by atoms with E-state index >= 15 is 0 Å². The molecule has 3 heterocycles. The summed E-state index contributed by atoms with van der Waals surface area (Å²) in [7, 11) is 0. The van der Waals surface area contributed by atoms with E-state index in [2.05, 4.69) is 15.0 Å². The van der Waals surface area contributed by atoms with Gasteiger partial charge in [0.25, 0.3) is 5.56 Å². The van der Waals surface area contributed by atoms with Crippen LogP contribution in [0, 0.1) is 0 Å². The van der Waals surface area contributed by atoms with Gasteiger partial charge in [-0.2, -0.15) is 0 Å². The Bertz CT molecular complexity index is 916. The fourth-order valence-corrected chi connectivity index (χ4v) is 3.12. The third-order valence-corrected chi connectivity index (χ3v) is 4.62. The van der Waals surface area contributed by atoms with Gasteiger partial charge in [-0.25, -0.2) is 9.67 Å². The third-order valence-electron chi connectivity index (χ3n) is 4.62. The lowest BCUT2D eigenvalue weighted by molar-refractivity contribution is 0.0357. The molecule has 1 fully saturated rings. The van der Waals surface area contributed by atoms with E-state index in [0.29, 0.717) is 30.2 Å². The van der Waals surface area contributed by atoms with E-state index in [4.69, 9.17) is 9.15 Å². The van der Waals surface area contributed by atoms with E-state index < -0.39 is 0 Å². The maximum absolute atomic E-state index is 12.9. The lowest BCUT2D eigenvalue weighted by atomic mass is 10.2. The van der Waals surface area contributed by atoms with Gasteiger partial charge in [0.1, 0.15) is 11.5 Å². The zero-order valence-corrected chi connectivity index (χ0v) is 15.1. The monoisotopic (exact) mass is 366 g/mol. The molecule has 140 valence electrons. The van der Waals surface area contributed by atoms with Gasteiger partial charge in [-0.1, -0.05) is 30.3 Å². The molecule has 7 heteroatoms. The molecular formula is C20H22N4O3. The van der Waals surface area contributed by atoms with E-state index in [1.807, 2.05) is 42.5 Å². The number of furan rings is 1. The second-order valence-electron chi connectivity index (χ2n) is 6.49. The van der Waals surface area contributed by atoms with E-state index in [0.717, 1.165) is 38.4 Å². The molecule has 0 radical (unpaired) electrons. The van der Waals surface area contributed by atoms with Crippen molar-refractivity contribution in [3.8, 4) is 11.4 Å². The SMILES string of the molecule is O=c1c(Cc2ccco2)nc(-c2ccccc2)nn1CCN1CCOCC1. The normalized spacial score (nSPS) is 15.1. The molecule has 4 rings (SSSR count). The molecule has 0 saturated carbocycles. The summed E-state index contributed by atoms with van der Waals surface area (Å²) in [6.45, 7) is 4.51. The zero-order valence-electron chi connectivity index (χ0n) is 15.1. The lowest BCUT2D eigenvalue weighted by Gasteiger charge is -2.26. The quantitative estimate of drug-likeness (QED) is 0.663. The number of ether oxygens (including phenoxy) is 1. The number of morpholine rings is 1. The molecule has 0 N–H and O–H groups in total. The van der Waals surface area contributed by atoms with Crippen LogP contribution in [0.2, 0.25) is 0 Å². The largest absolute Gasteiger partial charge is 0.469 e. The molecular weight excluding hydrogens is 344 g/mol. The van der Waals surface area contributed by atoms with Crippen LogP contribution in [-0.2, 0) is 17.7 Å². The van der Waals surface area contributed by atoms with Crippen LogP contribution in [0.1, 0.15) is 11.5 Å². The topological polar surface area (TPSA) is 73.4 Å². The Kier molecular flexibility index (Phi) is 5.41. The van der Waals surface area contributed by atoms with Crippen molar-refractivity contribution < 1.29 is 9.15 Å². The van der Waals surface area contributed by atoms with Crippen molar-refractivity contribution in [3.05, 3.63) is 70.5 Å². The molecule has 0 atom stereocenters. The predicted octanol–water partition coefficient (Wildman–Crippen LogP) is 1.82. The first-order valence-electron chi connectivity index (χ1n) is 9.15. The van der Waals surface area contributed by atoms with E-state index in [1.54, 1.807) is 6.26 Å². The van der Waals surface area contributed by atoms with Crippen molar-refractivity contribution in [3.63, 3.8) is 0 Å². The fourth-order valence-electron chi connectivity index (χ4n) is 3.12. The van der Waals surface area contributed by atoms with Crippen LogP contribution in [0.3, 0.4) is 0 Å². The standard InChI is InChI=1S/C20H22N4O3/c25-20-18(15-17-7-4-12-27-17)21-19(16-5-2-1-3-6-16)22-24(20)9-8-23-10-13-26-14-11-23/h1-7,12H,8-11,13-15H2. The van der Waals surface area contributed by atoms with Crippen molar-refractivity contribution in [2.75, 3.05) is 32.8 Å². The number of benzene rings is 1. The Morgan fingerprint density at radius 1 is 1.00 bits per heavy atom. The molecule has 0 amide bonds. The first-order valence-corrected chi connectivity index (χ1v) is 9.15. The second-order valence-corrected chi connectivity index (χ2v) is 6.49. The number of rotatable bonds is 6.